The van der Waals surface area contributed by atoms with Crippen molar-refractivity contribution >= 4 is 5.52 Å². The van der Waals surface area contributed by atoms with Gasteiger partial charge in [-0.05, 0) is 31.2 Å². The molecule has 1 aromatic carbocycles. The number of benzene rings is 1. The highest BCUT2D eigenvalue weighted by molar-refractivity contribution is 5.60. The zero-order valence-electron chi connectivity index (χ0n) is 16.6. The lowest BCUT2D eigenvalue weighted by molar-refractivity contribution is 0.430. The van der Waals surface area contributed by atoms with E-state index in [1.807, 2.05) is 52.0 Å². The smallest absolute Gasteiger partial charge is 0.279 e. The largest absolute Gasteiger partial charge is 0.441 e. The maximum atomic E-state index is 12.7. The van der Waals surface area contributed by atoms with E-state index in [0.717, 1.165) is 22.8 Å². The van der Waals surface area contributed by atoms with Crippen LogP contribution in [0.15, 0.2) is 45.9 Å². The van der Waals surface area contributed by atoms with Gasteiger partial charge in [-0.2, -0.15) is 0 Å². The summed E-state index contributed by atoms with van der Waals surface area (Å²) in [7, 11) is 1.69. The molecule has 0 atom stereocenters. The van der Waals surface area contributed by atoms with Crippen molar-refractivity contribution in [1.29, 1.82) is 0 Å². The van der Waals surface area contributed by atoms with Crippen LogP contribution in [0.2, 0.25) is 0 Å². The van der Waals surface area contributed by atoms with Gasteiger partial charge in [-0.15, -0.1) is 0 Å². The first-order chi connectivity index (χ1) is 13.3. The van der Waals surface area contributed by atoms with Crippen LogP contribution in [0.3, 0.4) is 0 Å². The van der Waals surface area contributed by atoms with Crippen molar-refractivity contribution in [2.75, 3.05) is 0 Å². The number of aromatic nitrogens is 4. The fourth-order valence-corrected chi connectivity index (χ4v) is 3.25. The molecule has 0 radical (unpaired) electrons. The number of hydrogen-bond donors (Lipinski definition) is 0. The molecule has 28 heavy (non-hydrogen) atoms. The molecule has 0 fully saturated rings. The summed E-state index contributed by atoms with van der Waals surface area (Å²) in [6.45, 7) is 7.82. The number of aryl methyl sites for hydroxylation is 2. The third kappa shape index (κ3) is 2.98. The fourth-order valence-electron chi connectivity index (χ4n) is 3.25. The first-order valence-corrected chi connectivity index (χ1v) is 9.14. The summed E-state index contributed by atoms with van der Waals surface area (Å²) in [5, 5.41) is 0. The molecule has 7 nitrogen and oxygen atoms in total. The standard InChI is InChI=1S/C21H22N4O3/c1-12(2)20-22-10-17-21(26)24(5)18(11-25(17)20)28-16-8-6-15(7-9-16)19-13(3)23-14(4)27-19/h6-12H,1-5H3. The van der Waals surface area contributed by atoms with Gasteiger partial charge in [-0.25, -0.2) is 9.97 Å². The van der Waals surface area contributed by atoms with Crippen LogP contribution >= 0.6 is 0 Å². The zero-order chi connectivity index (χ0) is 20.0. The number of rotatable bonds is 4. The first-order valence-electron chi connectivity index (χ1n) is 9.14. The van der Waals surface area contributed by atoms with E-state index in [0.29, 0.717) is 23.0 Å². The number of imidazole rings is 1. The maximum absolute atomic E-state index is 12.7. The van der Waals surface area contributed by atoms with Crippen molar-refractivity contribution in [2.24, 2.45) is 7.05 Å². The Balaban J connectivity index is 1.70. The van der Waals surface area contributed by atoms with Crippen LogP contribution in [0.1, 0.15) is 37.2 Å². The van der Waals surface area contributed by atoms with Crippen molar-refractivity contribution in [2.45, 2.75) is 33.6 Å². The van der Waals surface area contributed by atoms with Crippen molar-refractivity contribution in [3.63, 3.8) is 0 Å². The minimum atomic E-state index is -0.152. The number of nitrogens with zero attached hydrogens (tertiary/aromatic N) is 4. The number of fused-ring (bicyclic) bond motifs is 1. The van der Waals surface area contributed by atoms with Crippen LogP contribution < -0.4 is 10.3 Å². The lowest BCUT2D eigenvalue weighted by Crippen LogP contribution is -2.20. The minimum Gasteiger partial charge on any atom is -0.441 e. The molecule has 0 bridgehead atoms. The predicted octanol–water partition coefficient (Wildman–Crippen LogP) is 4.22. The third-order valence-electron chi connectivity index (χ3n) is 4.68. The van der Waals surface area contributed by atoms with Crippen LogP contribution in [0.4, 0.5) is 0 Å². The highest BCUT2D eigenvalue weighted by atomic mass is 16.5. The van der Waals surface area contributed by atoms with Crippen LogP contribution in [-0.4, -0.2) is 18.9 Å². The van der Waals surface area contributed by atoms with E-state index in [4.69, 9.17) is 9.15 Å². The fraction of sp³-hybridized carbons (Fsp3) is 0.286. The zero-order valence-corrected chi connectivity index (χ0v) is 16.6. The summed E-state index contributed by atoms with van der Waals surface area (Å²) in [6.07, 6.45) is 3.41. The Morgan fingerprint density at radius 3 is 2.46 bits per heavy atom. The lowest BCUT2D eigenvalue weighted by Gasteiger charge is -2.12. The molecule has 0 saturated carbocycles. The molecule has 7 heteroatoms. The Labute approximate surface area is 162 Å². The van der Waals surface area contributed by atoms with Gasteiger partial charge in [-0.1, -0.05) is 13.8 Å². The Morgan fingerprint density at radius 1 is 1.14 bits per heavy atom. The average Bonchev–Trinajstić information content (AvgIpc) is 3.23. The molecule has 0 spiro atoms. The maximum Gasteiger partial charge on any atom is 0.279 e. The van der Waals surface area contributed by atoms with Gasteiger partial charge < -0.3 is 9.15 Å². The summed E-state index contributed by atoms with van der Waals surface area (Å²) in [5.41, 5.74) is 2.15. The Morgan fingerprint density at radius 2 is 1.86 bits per heavy atom. The van der Waals surface area contributed by atoms with Crippen LogP contribution in [0.5, 0.6) is 11.6 Å². The summed E-state index contributed by atoms with van der Waals surface area (Å²) < 4.78 is 14.9. The SMILES string of the molecule is Cc1nc(C)c(-c2ccc(Oc3cn4c(C(C)C)ncc4c(=O)n3C)cc2)o1. The second-order valence-corrected chi connectivity index (χ2v) is 7.13. The number of oxazole rings is 1. The molecule has 144 valence electrons. The summed E-state index contributed by atoms with van der Waals surface area (Å²) in [4.78, 5) is 21.3. The lowest BCUT2D eigenvalue weighted by atomic mass is 10.1. The van der Waals surface area contributed by atoms with Crippen LogP contribution in [0, 0.1) is 13.8 Å². The molecule has 3 heterocycles. The normalized spacial score (nSPS) is 11.5. The number of ether oxygens (including phenoxy) is 1. The average molecular weight is 378 g/mol. The highest BCUT2D eigenvalue weighted by Gasteiger charge is 2.15. The van der Waals surface area contributed by atoms with Gasteiger partial charge >= 0.3 is 0 Å². The van der Waals surface area contributed by atoms with E-state index in [1.54, 1.807) is 23.8 Å². The van der Waals surface area contributed by atoms with E-state index in [9.17, 15) is 4.79 Å². The molecule has 4 aromatic rings. The molecule has 0 aliphatic heterocycles. The van der Waals surface area contributed by atoms with Crippen molar-refractivity contribution in [1.82, 2.24) is 18.9 Å². The monoisotopic (exact) mass is 378 g/mol. The van der Waals surface area contributed by atoms with E-state index < -0.39 is 0 Å². The van der Waals surface area contributed by atoms with Gasteiger partial charge in [0.05, 0.1) is 18.1 Å². The van der Waals surface area contributed by atoms with Gasteiger partial charge in [-0.3, -0.25) is 13.8 Å². The quantitative estimate of drug-likeness (QED) is 0.531. The number of hydrogen-bond acceptors (Lipinski definition) is 5. The predicted molar refractivity (Wildman–Crippen MR) is 106 cm³/mol. The third-order valence-corrected chi connectivity index (χ3v) is 4.68. The summed E-state index contributed by atoms with van der Waals surface area (Å²) >= 11 is 0. The summed E-state index contributed by atoms with van der Waals surface area (Å²) in [5.74, 6) is 3.46. The molecule has 0 N–H and O–H groups in total. The second-order valence-electron chi connectivity index (χ2n) is 7.13. The molecule has 3 aromatic heterocycles. The Bertz CT molecular complexity index is 1210. The first kappa shape index (κ1) is 18.0. The molecule has 0 saturated heterocycles. The van der Waals surface area contributed by atoms with E-state index >= 15 is 0 Å². The minimum absolute atomic E-state index is 0.152. The molecular formula is C21H22N4O3. The van der Waals surface area contributed by atoms with Crippen LogP contribution in [0.25, 0.3) is 16.8 Å². The molecule has 4 rings (SSSR count). The van der Waals surface area contributed by atoms with Gasteiger partial charge in [0, 0.05) is 25.5 Å². The molecule has 0 unspecified atom stereocenters. The molecule has 0 aliphatic rings. The van der Waals surface area contributed by atoms with Gasteiger partial charge in [0.2, 0.25) is 5.88 Å². The molecule has 0 aliphatic carbocycles. The molecular weight excluding hydrogens is 356 g/mol. The van der Waals surface area contributed by atoms with Crippen molar-refractivity contribution in [3.8, 4) is 23.0 Å². The van der Waals surface area contributed by atoms with E-state index in [1.165, 1.54) is 4.57 Å². The van der Waals surface area contributed by atoms with Crippen LogP contribution in [-0.2, 0) is 7.05 Å². The topological polar surface area (TPSA) is 74.6 Å². The highest BCUT2D eigenvalue weighted by Crippen LogP contribution is 2.28. The Hall–Kier alpha value is -3.35. The van der Waals surface area contributed by atoms with Gasteiger partial charge in [0.25, 0.3) is 5.56 Å². The van der Waals surface area contributed by atoms with Crippen molar-refractivity contribution < 1.29 is 9.15 Å². The van der Waals surface area contributed by atoms with E-state index in [2.05, 4.69) is 9.97 Å². The van der Waals surface area contributed by atoms with Gasteiger partial charge in [0.1, 0.15) is 17.1 Å². The summed E-state index contributed by atoms with van der Waals surface area (Å²) in [6, 6.07) is 7.52. The molecule has 0 amide bonds. The van der Waals surface area contributed by atoms with Gasteiger partial charge in [0.15, 0.2) is 11.7 Å². The van der Waals surface area contributed by atoms with E-state index in [-0.39, 0.29) is 11.5 Å². The van der Waals surface area contributed by atoms with Crippen molar-refractivity contribution in [3.05, 3.63) is 64.4 Å². The second kappa shape index (κ2) is 6.67. The Kier molecular flexibility index (Phi) is 4.30.